The molecule has 0 aromatic heterocycles. The predicted octanol–water partition coefficient (Wildman–Crippen LogP) is 5.41. The number of hydrogen-bond acceptors (Lipinski definition) is 2. The van der Waals surface area contributed by atoms with Crippen molar-refractivity contribution in [2.24, 2.45) is 0 Å². The zero-order valence-corrected chi connectivity index (χ0v) is 16.3. The first-order valence-corrected chi connectivity index (χ1v) is 8.68. The summed E-state index contributed by atoms with van der Waals surface area (Å²) in [6, 6.07) is 0. The van der Waals surface area contributed by atoms with E-state index in [2.05, 4.69) is 79.6 Å². The summed E-state index contributed by atoms with van der Waals surface area (Å²) in [6.45, 7) is 1.99. The fourth-order valence-corrected chi connectivity index (χ4v) is 4.59. The normalized spacial score (nSPS) is 18.5. The first-order valence-electron chi connectivity index (χ1n) is 4.72. The van der Waals surface area contributed by atoms with E-state index in [1.54, 1.807) is 0 Å². The van der Waals surface area contributed by atoms with Crippen LogP contribution in [0.25, 0.3) is 0 Å². The molecule has 1 fully saturated rings. The Morgan fingerprint density at radius 1 is 0.941 bits per heavy atom. The second kappa shape index (κ2) is 6.33. The van der Waals surface area contributed by atoms with E-state index in [0.29, 0.717) is 13.2 Å². The SMILES string of the molecule is Brc1c(Br)c(Br)c(COCC2CO2)c(Br)c1Br. The first-order chi connectivity index (χ1) is 8.02. The predicted molar refractivity (Wildman–Crippen MR) is 84.3 cm³/mol. The van der Waals surface area contributed by atoms with Gasteiger partial charge in [-0.3, -0.25) is 0 Å². The van der Waals surface area contributed by atoms with Crippen LogP contribution in [0.4, 0.5) is 0 Å². The van der Waals surface area contributed by atoms with Crippen LogP contribution >= 0.6 is 79.6 Å². The molecule has 0 aliphatic carbocycles. The van der Waals surface area contributed by atoms with Crippen molar-refractivity contribution in [3.8, 4) is 0 Å². The third-order valence-electron chi connectivity index (χ3n) is 2.25. The maximum Gasteiger partial charge on any atom is 0.104 e. The van der Waals surface area contributed by atoms with Gasteiger partial charge in [-0.05, 0) is 79.6 Å². The van der Waals surface area contributed by atoms with Crippen LogP contribution < -0.4 is 0 Å². The number of halogens is 5. The minimum absolute atomic E-state index is 0.287. The van der Waals surface area contributed by atoms with Gasteiger partial charge in [-0.15, -0.1) is 0 Å². The van der Waals surface area contributed by atoms with Crippen LogP contribution in [-0.4, -0.2) is 19.3 Å². The molecule has 1 saturated heterocycles. The molecule has 1 heterocycles. The van der Waals surface area contributed by atoms with Crippen molar-refractivity contribution in [3.05, 3.63) is 27.9 Å². The van der Waals surface area contributed by atoms with Gasteiger partial charge in [-0.2, -0.15) is 0 Å². The highest BCUT2D eigenvalue weighted by atomic mass is 79.9. The molecule has 1 unspecified atom stereocenters. The molecule has 1 atom stereocenters. The zero-order valence-electron chi connectivity index (χ0n) is 8.40. The number of benzene rings is 1. The van der Waals surface area contributed by atoms with E-state index in [1.165, 1.54) is 0 Å². The third kappa shape index (κ3) is 3.55. The highest BCUT2D eigenvalue weighted by Crippen LogP contribution is 2.44. The standard InChI is InChI=1S/C10H7Br5O2/c11-6-5(3-16-1-4-2-17-4)7(12)9(14)10(15)8(6)13/h4H,1-3H2. The van der Waals surface area contributed by atoms with E-state index < -0.39 is 0 Å². The van der Waals surface area contributed by atoms with E-state index in [1.807, 2.05) is 0 Å². The molecule has 2 nitrogen and oxygen atoms in total. The average Bonchev–Trinajstić information content (AvgIpc) is 3.12. The summed E-state index contributed by atoms with van der Waals surface area (Å²) < 4.78 is 15.6. The van der Waals surface area contributed by atoms with E-state index in [4.69, 9.17) is 9.47 Å². The second-order valence-corrected chi connectivity index (χ2v) is 7.48. The summed E-state index contributed by atoms with van der Waals surface area (Å²) in [4.78, 5) is 0. The van der Waals surface area contributed by atoms with E-state index in [-0.39, 0.29) is 6.10 Å². The summed E-state index contributed by atoms with van der Waals surface area (Å²) in [7, 11) is 0. The summed E-state index contributed by atoms with van der Waals surface area (Å²) >= 11 is 17.7. The van der Waals surface area contributed by atoms with Crippen LogP contribution in [0.2, 0.25) is 0 Å². The van der Waals surface area contributed by atoms with Crippen molar-refractivity contribution in [2.45, 2.75) is 12.7 Å². The van der Waals surface area contributed by atoms with Crippen molar-refractivity contribution in [2.75, 3.05) is 13.2 Å². The van der Waals surface area contributed by atoms with Crippen molar-refractivity contribution < 1.29 is 9.47 Å². The lowest BCUT2D eigenvalue weighted by Crippen LogP contribution is -2.03. The van der Waals surface area contributed by atoms with Crippen LogP contribution in [0.15, 0.2) is 22.4 Å². The number of ether oxygens (including phenoxy) is 2. The summed E-state index contributed by atoms with van der Waals surface area (Å²) in [5.74, 6) is 0. The zero-order chi connectivity index (χ0) is 12.6. The summed E-state index contributed by atoms with van der Waals surface area (Å²) in [6.07, 6.45) is 0.287. The maximum atomic E-state index is 5.61. The molecular formula is C10H7Br5O2. The van der Waals surface area contributed by atoms with Crippen LogP contribution in [-0.2, 0) is 16.1 Å². The molecular weight excluding hydrogens is 552 g/mol. The molecule has 94 valence electrons. The molecule has 1 aliphatic heterocycles. The Hall–Kier alpha value is 1.54. The van der Waals surface area contributed by atoms with Gasteiger partial charge in [0.05, 0.1) is 19.8 Å². The molecule has 1 aliphatic rings. The minimum Gasteiger partial charge on any atom is -0.374 e. The van der Waals surface area contributed by atoms with Crippen LogP contribution in [0.5, 0.6) is 0 Å². The molecule has 1 aromatic carbocycles. The lowest BCUT2D eigenvalue weighted by atomic mass is 10.2. The number of rotatable bonds is 4. The van der Waals surface area contributed by atoms with Crippen LogP contribution in [0, 0.1) is 0 Å². The van der Waals surface area contributed by atoms with E-state index >= 15 is 0 Å². The second-order valence-electron chi connectivity index (χ2n) is 3.52. The van der Waals surface area contributed by atoms with Crippen molar-refractivity contribution >= 4 is 79.6 Å². The van der Waals surface area contributed by atoms with Gasteiger partial charge in [0.1, 0.15) is 6.10 Å². The van der Waals surface area contributed by atoms with E-state index in [9.17, 15) is 0 Å². The molecule has 2 rings (SSSR count). The molecule has 1 aromatic rings. The van der Waals surface area contributed by atoms with Gasteiger partial charge in [-0.1, -0.05) is 0 Å². The third-order valence-corrected chi connectivity index (χ3v) is 8.51. The van der Waals surface area contributed by atoms with Crippen LogP contribution in [0.1, 0.15) is 5.56 Å². The Balaban J connectivity index is 2.19. The molecule has 0 saturated carbocycles. The summed E-state index contributed by atoms with van der Waals surface area (Å²) in [5, 5.41) is 0. The Morgan fingerprint density at radius 3 is 1.88 bits per heavy atom. The fourth-order valence-electron chi connectivity index (χ4n) is 1.23. The molecule has 0 spiro atoms. The smallest absolute Gasteiger partial charge is 0.104 e. The Bertz CT molecular complexity index is 416. The van der Waals surface area contributed by atoms with Gasteiger partial charge in [-0.25, -0.2) is 0 Å². The Kier molecular flexibility index (Phi) is 5.56. The highest BCUT2D eigenvalue weighted by molar-refractivity contribution is 9.15. The molecule has 0 amide bonds. The molecule has 0 radical (unpaired) electrons. The Labute approximate surface area is 141 Å². The van der Waals surface area contributed by atoms with E-state index in [0.717, 1.165) is 34.5 Å². The van der Waals surface area contributed by atoms with Gasteiger partial charge in [0.15, 0.2) is 0 Å². The van der Waals surface area contributed by atoms with Gasteiger partial charge in [0.25, 0.3) is 0 Å². The molecule has 7 heteroatoms. The Morgan fingerprint density at radius 2 is 1.41 bits per heavy atom. The highest BCUT2D eigenvalue weighted by Gasteiger charge is 2.23. The lowest BCUT2D eigenvalue weighted by molar-refractivity contribution is 0.103. The van der Waals surface area contributed by atoms with Gasteiger partial charge in [0, 0.05) is 27.9 Å². The lowest BCUT2D eigenvalue weighted by Gasteiger charge is -2.13. The summed E-state index contributed by atoms with van der Waals surface area (Å²) in [5.41, 5.74) is 1.06. The number of epoxide rings is 1. The van der Waals surface area contributed by atoms with Crippen LogP contribution in [0.3, 0.4) is 0 Å². The maximum absolute atomic E-state index is 5.61. The van der Waals surface area contributed by atoms with Crippen molar-refractivity contribution in [1.29, 1.82) is 0 Å². The molecule has 0 bridgehead atoms. The van der Waals surface area contributed by atoms with Gasteiger partial charge < -0.3 is 9.47 Å². The topological polar surface area (TPSA) is 21.8 Å². The first kappa shape index (κ1) is 14.9. The quantitative estimate of drug-likeness (QED) is 0.280. The molecule has 0 N–H and O–H groups in total. The number of hydrogen-bond donors (Lipinski definition) is 0. The van der Waals surface area contributed by atoms with Gasteiger partial charge in [0.2, 0.25) is 0 Å². The van der Waals surface area contributed by atoms with Crippen molar-refractivity contribution in [3.63, 3.8) is 0 Å². The fraction of sp³-hybridized carbons (Fsp3) is 0.400. The van der Waals surface area contributed by atoms with Gasteiger partial charge >= 0.3 is 0 Å². The molecule has 17 heavy (non-hydrogen) atoms. The van der Waals surface area contributed by atoms with Crippen molar-refractivity contribution in [1.82, 2.24) is 0 Å². The monoisotopic (exact) mass is 554 g/mol. The minimum atomic E-state index is 0.287. The average molecular weight is 559 g/mol. The largest absolute Gasteiger partial charge is 0.374 e.